The fourth-order valence-electron chi connectivity index (χ4n) is 3.64. The molecule has 106 valence electrons. The van der Waals surface area contributed by atoms with E-state index in [1.54, 1.807) is 0 Å². The molecule has 0 amide bonds. The molecule has 1 aromatic heterocycles. The van der Waals surface area contributed by atoms with Crippen molar-refractivity contribution in [2.24, 2.45) is 5.92 Å². The van der Waals surface area contributed by atoms with Crippen LogP contribution in [0.5, 0.6) is 0 Å². The summed E-state index contributed by atoms with van der Waals surface area (Å²) in [4.78, 5) is 3.55. The van der Waals surface area contributed by atoms with Gasteiger partial charge in [-0.1, -0.05) is 6.07 Å². The summed E-state index contributed by atoms with van der Waals surface area (Å²) in [6.07, 6.45) is 4.90. The highest BCUT2D eigenvalue weighted by molar-refractivity contribution is 5.85. The molecule has 0 spiro atoms. The number of nitrogens with one attached hydrogen (secondary N) is 2. The number of piperidine rings is 1. The van der Waals surface area contributed by atoms with Gasteiger partial charge < -0.3 is 15.0 Å². The third kappa shape index (κ3) is 2.25. The molecule has 3 nitrogen and oxygen atoms in total. The molecule has 0 radical (unpaired) electrons. The number of hydrogen-bond acceptors (Lipinski definition) is 2. The van der Waals surface area contributed by atoms with Crippen LogP contribution >= 0.6 is 0 Å². The Labute approximate surface area is 119 Å². The minimum Gasteiger partial charge on any atom is -0.376 e. The van der Waals surface area contributed by atoms with E-state index in [-0.39, 0.29) is 0 Å². The lowest BCUT2D eigenvalue weighted by Crippen LogP contribution is -2.30. The van der Waals surface area contributed by atoms with Crippen LogP contribution in [0, 0.1) is 5.92 Å². The van der Waals surface area contributed by atoms with Gasteiger partial charge in [0.25, 0.3) is 0 Å². The Morgan fingerprint density at radius 3 is 3.20 bits per heavy atom. The predicted octanol–water partition coefficient (Wildman–Crippen LogP) is 2.78. The molecule has 2 aromatic rings. The first kappa shape index (κ1) is 12.4. The molecule has 2 N–H and O–H groups in total. The van der Waals surface area contributed by atoms with Gasteiger partial charge >= 0.3 is 0 Å². The summed E-state index contributed by atoms with van der Waals surface area (Å²) in [5.74, 6) is 0.798. The number of benzene rings is 1. The molecule has 1 unspecified atom stereocenters. The van der Waals surface area contributed by atoms with Gasteiger partial charge in [-0.25, -0.2) is 0 Å². The summed E-state index contributed by atoms with van der Waals surface area (Å²) in [5, 5.41) is 4.89. The second kappa shape index (κ2) is 5.23. The molecule has 0 bridgehead atoms. The fraction of sp³-hybridized carbons (Fsp3) is 0.529. The van der Waals surface area contributed by atoms with Crippen LogP contribution in [0.2, 0.25) is 0 Å². The molecular weight excluding hydrogens is 248 g/mol. The lowest BCUT2D eigenvalue weighted by Gasteiger charge is -2.22. The summed E-state index contributed by atoms with van der Waals surface area (Å²) in [6, 6.07) is 6.92. The van der Waals surface area contributed by atoms with Gasteiger partial charge in [-0.3, -0.25) is 0 Å². The van der Waals surface area contributed by atoms with Crippen molar-refractivity contribution in [1.29, 1.82) is 0 Å². The number of rotatable bonds is 2. The van der Waals surface area contributed by atoms with Gasteiger partial charge in [0, 0.05) is 28.6 Å². The quantitative estimate of drug-likeness (QED) is 0.880. The van der Waals surface area contributed by atoms with E-state index in [1.165, 1.54) is 60.1 Å². The molecule has 20 heavy (non-hydrogen) atoms. The summed E-state index contributed by atoms with van der Waals surface area (Å²) < 4.78 is 5.62. The van der Waals surface area contributed by atoms with Crippen LogP contribution in [0.15, 0.2) is 18.2 Å². The number of aromatic amines is 1. The average molecular weight is 270 g/mol. The summed E-state index contributed by atoms with van der Waals surface area (Å²) in [6.45, 7) is 3.98. The van der Waals surface area contributed by atoms with Gasteiger partial charge in [0.05, 0.1) is 13.2 Å². The van der Waals surface area contributed by atoms with E-state index >= 15 is 0 Å². The van der Waals surface area contributed by atoms with Crippen molar-refractivity contribution in [2.75, 3.05) is 19.7 Å². The maximum atomic E-state index is 5.62. The zero-order chi connectivity index (χ0) is 13.4. The molecule has 2 aliphatic rings. The largest absolute Gasteiger partial charge is 0.376 e. The number of fused-ring (bicyclic) bond motifs is 3. The monoisotopic (exact) mass is 270 g/mol. The van der Waals surface area contributed by atoms with E-state index in [0.717, 1.165) is 25.6 Å². The van der Waals surface area contributed by atoms with Gasteiger partial charge in [0.15, 0.2) is 0 Å². The third-order valence-corrected chi connectivity index (χ3v) is 4.73. The van der Waals surface area contributed by atoms with Crippen molar-refractivity contribution >= 4 is 10.9 Å². The zero-order valence-corrected chi connectivity index (χ0v) is 11.9. The van der Waals surface area contributed by atoms with Gasteiger partial charge in [-0.05, 0) is 56.0 Å². The van der Waals surface area contributed by atoms with E-state index in [0.29, 0.717) is 0 Å². The van der Waals surface area contributed by atoms with Gasteiger partial charge in [0.2, 0.25) is 0 Å². The lowest BCUT2D eigenvalue weighted by atomic mass is 9.91. The average Bonchev–Trinajstić information content (AvgIpc) is 2.86. The minimum atomic E-state index is 0.768. The van der Waals surface area contributed by atoms with Crippen LogP contribution in [0.1, 0.15) is 29.7 Å². The van der Waals surface area contributed by atoms with Crippen molar-refractivity contribution in [3.05, 3.63) is 35.0 Å². The number of hydrogen-bond donors (Lipinski definition) is 2. The highest BCUT2D eigenvalue weighted by Gasteiger charge is 2.17. The third-order valence-electron chi connectivity index (χ3n) is 4.73. The van der Waals surface area contributed by atoms with Crippen LogP contribution in [-0.2, 0) is 24.2 Å². The molecule has 3 heterocycles. The molecule has 3 heteroatoms. The molecule has 4 rings (SSSR count). The Hall–Kier alpha value is -1.32. The highest BCUT2D eigenvalue weighted by atomic mass is 16.5. The standard InChI is InChI=1S/C17H22N2O/c1-2-13(10-18-6-1)8-12-3-4-16-14(9-12)15-11-20-7-5-17(15)19-16/h3-4,9,13,18-19H,1-2,5-8,10-11H2. The predicted molar refractivity (Wildman–Crippen MR) is 81.0 cm³/mol. The van der Waals surface area contributed by atoms with Gasteiger partial charge in [-0.15, -0.1) is 0 Å². The second-order valence-corrected chi connectivity index (χ2v) is 6.18. The molecular formula is C17H22N2O. The molecule has 1 fully saturated rings. The summed E-state index contributed by atoms with van der Waals surface area (Å²) in [7, 11) is 0. The van der Waals surface area contributed by atoms with E-state index in [2.05, 4.69) is 28.5 Å². The van der Waals surface area contributed by atoms with E-state index in [1.807, 2.05) is 0 Å². The number of aromatic nitrogens is 1. The van der Waals surface area contributed by atoms with Crippen molar-refractivity contribution in [3.8, 4) is 0 Å². The Balaban J connectivity index is 1.63. The maximum absolute atomic E-state index is 5.62. The topological polar surface area (TPSA) is 37.0 Å². The van der Waals surface area contributed by atoms with Crippen LogP contribution in [0.3, 0.4) is 0 Å². The Morgan fingerprint density at radius 1 is 1.30 bits per heavy atom. The van der Waals surface area contributed by atoms with E-state index in [4.69, 9.17) is 4.74 Å². The normalized spacial score (nSPS) is 22.9. The maximum Gasteiger partial charge on any atom is 0.0740 e. The number of H-pyrrole nitrogens is 1. The Bertz CT molecular complexity index is 611. The first-order valence-electron chi connectivity index (χ1n) is 7.81. The molecule has 1 atom stereocenters. The first-order valence-corrected chi connectivity index (χ1v) is 7.81. The minimum absolute atomic E-state index is 0.768. The smallest absolute Gasteiger partial charge is 0.0740 e. The molecule has 2 aliphatic heterocycles. The van der Waals surface area contributed by atoms with E-state index < -0.39 is 0 Å². The van der Waals surface area contributed by atoms with E-state index in [9.17, 15) is 0 Å². The SMILES string of the molecule is c1cc2[nH]c3c(c2cc1CC1CCCNC1)COCC3. The van der Waals surface area contributed by atoms with Crippen LogP contribution < -0.4 is 5.32 Å². The molecule has 1 aromatic carbocycles. The van der Waals surface area contributed by atoms with Crippen LogP contribution in [0.25, 0.3) is 10.9 Å². The zero-order valence-electron chi connectivity index (χ0n) is 11.9. The highest BCUT2D eigenvalue weighted by Crippen LogP contribution is 2.28. The van der Waals surface area contributed by atoms with Crippen molar-refractivity contribution in [3.63, 3.8) is 0 Å². The molecule has 0 saturated carbocycles. The summed E-state index contributed by atoms with van der Waals surface area (Å²) >= 11 is 0. The lowest BCUT2D eigenvalue weighted by molar-refractivity contribution is 0.111. The second-order valence-electron chi connectivity index (χ2n) is 6.18. The van der Waals surface area contributed by atoms with Crippen molar-refractivity contribution < 1.29 is 4.74 Å². The van der Waals surface area contributed by atoms with Crippen LogP contribution in [-0.4, -0.2) is 24.7 Å². The molecule has 1 saturated heterocycles. The Morgan fingerprint density at radius 2 is 2.30 bits per heavy atom. The van der Waals surface area contributed by atoms with Crippen molar-refractivity contribution in [2.45, 2.75) is 32.3 Å². The summed E-state index contributed by atoms with van der Waals surface area (Å²) in [5.41, 5.74) is 5.50. The fourth-order valence-corrected chi connectivity index (χ4v) is 3.64. The van der Waals surface area contributed by atoms with Crippen molar-refractivity contribution in [1.82, 2.24) is 10.3 Å². The molecule has 0 aliphatic carbocycles. The first-order chi connectivity index (χ1) is 9.90. The van der Waals surface area contributed by atoms with Gasteiger partial charge in [0.1, 0.15) is 0 Å². The Kier molecular flexibility index (Phi) is 3.25. The van der Waals surface area contributed by atoms with Crippen LogP contribution in [0.4, 0.5) is 0 Å². The van der Waals surface area contributed by atoms with Gasteiger partial charge in [-0.2, -0.15) is 0 Å². The number of ether oxygens (including phenoxy) is 1.